The first-order valence-corrected chi connectivity index (χ1v) is 8.66. The molecule has 25 heavy (non-hydrogen) atoms. The fourth-order valence-electron chi connectivity index (χ4n) is 2.89. The molecule has 1 aromatic heterocycles. The Kier molecular flexibility index (Phi) is 6.47. The van der Waals surface area contributed by atoms with Gasteiger partial charge >= 0.3 is 12.1 Å². The Labute approximate surface area is 148 Å². The van der Waals surface area contributed by atoms with E-state index in [1.807, 2.05) is 20.8 Å². The number of nitrogens with zero attached hydrogens (tertiary/aromatic N) is 1. The van der Waals surface area contributed by atoms with Crippen molar-refractivity contribution in [2.45, 2.75) is 58.2 Å². The maximum Gasteiger partial charge on any atom is 0.407 e. The highest BCUT2D eigenvalue weighted by atomic mass is 16.6. The van der Waals surface area contributed by atoms with Gasteiger partial charge in [-0.05, 0) is 52.3 Å². The summed E-state index contributed by atoms with van der Waals surface area (Å²) in [5.74, 6) is 0.440. The first-order chi connectivity index (χ1) is 11.8. The summed E-state index contributed by atoms with van der Waals surface area (Å²) >= 11 is 0. The largest absolute Gasteiger partial charge is 0.463 e. The van der Waals surface area contributed by atoms with Crippen LogP contribution in [0.25, 0.3) is 0 Å². The SMILES string of the molecule is COC(=O)c1ccc(CN2CCCC[C@@H]2CNC(=O)OC(C)(C)C)o1. The number of esters is 1. The van der Waals surface area contributed by atoms with Crippen molar-refractivity contribution in [2.24, 2.45) is 0 Å². The predicted molar refractivity (Wildman–Crippen MR) is 92.3 cm³/mol. The zero-order valence-electron chi connectivity index (χ0n) is 15.5. The molecule has 1 aliphatic heterocycles. The number of alkyl carbamates (subject to hydrolysis) is 1. The Morgan fingerprint density at radius 1 is 1.32 bits per heavy atom. The lowest BCUT2D eigenvalue weighted by Crippen LogP contribution is -2.47. The van der Waals surface area contributed by atoms with E-state index in [-0.39, 0.29) is 11.8 Å². The van der Waals surface area contributed by atoms with Crippen molar-refractivity contribution in [1.29, 1.82) is 0 Å². The minimum absolute atomic E-state index is 0.206. The van der Waals surface area contributed by atoms with E-state index in [4.69, 9.17) is 9.15 Å². The van der Waals surface area contributed by atoms with Gasteiger partial charge < -0.3 is 19.2 Å². The molecule has 2 rings (SSSR count). The number of likely N-dealkylation sites (tertiary alicyclic amines) is 1. The van der Waals surface area contributed by atoms with Gasteiger partial charge in [0.05, 0.1) is 13.7 Å². The molecule has 1 atom stereocenters. The number of hydrogen-bond acceptors (Lipinski definition) is 6. The molecule has 0 radical (unpaired) electrons. The van der Waals surface area contributed by atoms with Crippen molar-refractivity contribution in [3.05, 3.63) is 23.7 Å². The van der Waals surface area contributed by atoms with E-state index in [9.17, 15) is 9.59 Å². The maximum atomic E-state index is 11.9. The summed E-state index contributed by atoms with van der Waals surface area (Å²) in [4.78, 5) is 25.6. The lowest BCUT2D eigenvalue weighted by atomic mass is 10.0. The molecule has 0 bridgehead atoms. The number of carbonyl (C=O) groups is 2. The molecule has 1 fully saturated rings. The third-order valence-electron chi connectivity index (χ3n) is 4.04. The monoisotopic (exact) mass is 352 g/mol. The van der Waals surface area contributed by atoms with Gasteiger partial charge in [-0.3, -0.25) is 4.90 Å². The number of hydrogen-bond donors (Lipinski definition) is 1. The number of rotatable bonds is 5. The number of methoxy groups -OCH3 is 1. The van der Waals surface area contributed by atoms with Crippen LogP contribution in [0.4, 0.5) is 4.79 Å². The van der Waals surface area contributed by atoms with E-state index in [2.05, 4.69) is 15.0 Å². The van der Waals surface area contributed by atoms with E-state index in [1.54, 1.807) is 12.1 Å². The van der Waals surface area contributed by atoms with Crippen LogP contribution < -0.4 is 5.32 Å². The van der Waals surface area contributed by atoms with Crippen molar-refractivity contribution in [1.82, 2.24) is 10.2 Å². The lowest BCUT2D eigenvalue weighted by Gasteiger charge is -2.35. The summed E-state index contributed by atoms with van der Waals surface area (Å²) < 4.78 is 15.5. The lowest BCUT2D eigenvalue weighted by molar-refractivity contribution is 0.0483. The second kappa shape index (κ2) is 8.38. The standard InChI is InChI=1S/C18H28N2O5/c1-18(2,3)25-17(22)19-11-13-7-5-6-10-20(13)12-14-8-9-15(24-14)16(21)23-4/h8-9,13H,5-7,10-12H2,1-4H3,(H,19,22)/t13-/m1/s1. The van der Waals surface area contributed by atoms with Gasteiger partial charge in [-0.25, -0.2) is 9.59 Å². The highest BCUT2D eigenvalue weighted by molar-refractivity contribution is 5.86. The Bertz CT molecular complexity index is 591. The Morgan fingerprint density at radius 3 is 2.76 bits per heavy atom. The van der Waals surface area contributed by atoms with E-state index in [1.165, 1.54) is 7.11 Å². The van der Waals surface area contributed by atoms with E-state index in [0.717, 1.165) is 25.8 Å². The van der Waals surface area contributed by atoms with Crippen molar-refractivity contribution in [3.8, 4) is 0 Å². The fraction of sp³-hybridized carbons (Fsp3) is 0.667. The molecule has 140 valence electrons. The van der Waals surface area contributed by atoms with Crippen LogP contribution in [0.5, 0.6) is 0 Å². The molecule has 7 heteroatoms. The van der Waals surface area contributed by atoms with Crippen LogP contribution in [0, 0.1) is 0 Å². The van der Waals surface area contributed by atoms with Gasteiger partial charge in [0.25, 0.3) is 0 Å². The Hall–Kier alpha value is -2.02. The first kappa shape index (κ1) is 19.3. The van der Waals surface area contributed by atoms with E-state index >= 15 is 0 Å². The molecule has 0 aliphatic carbocycles. The molecule has 1 aliphatic rings. The van der Waals surface area contributed by atoms with Crippen LogP contribution in [0.3, 0.4) is 0 Å². The number of ether oxygens (including phenoxy) is 2. The summed E-state index contributed by atoms with van der Waals surface area (Å²) in [7, 11) is 1.33. The molecule has 0 aromatic carbocycles. The van der Waals surface area contributed by atoms with E-state index < -0.39 is 17.7 Å². The molecule has 0 spiro atoms. The van der Waals surface area contributed by atoms with Crippen LogP contribution in [-0.4, -0.2) is 48.8 Å². The van der Waals surface area contributed by atoms with Crippen LogP contribution >= 0.6 is 0 Å². The summed E-state index contributed by atoms with van der Waals surface area (Å²) in [5, 5.41) is 2.85. The molecule has 2 heterocycles. The van der Waals surface area contributed by atoms with Crippen LogP contribution in [0.2, 0.25) is 0 Å². The number of furan rings is 1. The van der Waals surface area contributed by atoms with Crippen LogP contribution in [0.1, 0.15) is 56.3 Å². The highest BCUT2D eigenvalue weighted by Crippen LogP contribution is 2.21. The molecule has 0 unspecified atom stereocenters. The summed E-state index contributed by atoms with van der Waals surface area (Å²) in [5.41, 5.74) is -0.505. The third kappa shape index (κ3) is 6.08. The average Bonchev–Trinajstić information content (AvgIpc) is 3.00. The maximum absolute atomic E-state index is 11.9. The second-order valence-electron chi connectivity index (χ2n) is 7.26. The van der Waals surface area contributed by atoms with Gasteiger partial charge in [-0.1, -0.05) is 6.42 Å². The second-order valence-corrected chi connectivity index (χ2v) is 7.26. The minimum atomic E-state index is -0.505. The van der Waals surface area contributed by atoms with Crippen molar-refractivity contribution in [3.63, 3.8) is 0 Å². The molecule has 0 saturated carbocycles. The van der Waals surface area contributed by atoms with Crippen molar-refractivity contribution < 1.29 is 23.5 Å². The van der Waals surface area contributed by atoms with Gasteiger partial charge in [0.1, 0.15) is 11.4 Å². The zero-order valence-corrected chi connectivity index (χ0v) is 15.5. The molecule has 1 amide bonds. The smallest absolute Gasteiger partial charge is 0.407 e. The van der Waals surface area contributed by atoms with E-state index in [0.29, 0.717) is 18.8 Å². The molecule has 1 aromatic rings. The van der Waals surface area contributed by atoms with Crippen molar-refractivity contribution in [2.75, 3.05) is 20.2 Å². The Balaban J connectivity index is 1.90. The fourth-order valence-corrected chi connectivity index (χ4v) is 2.89. The molecule has 1 N–H and O–H groups in total. The summed E-state index contributed by atoms with van der Waals surface area (Å²) in [6.45, 7) is 7.58. The Morgan fingerprint density at radius 2 is 2.08 bits per heavy atom. The molecule has 7 nitrogen and oxygen atoms in total. The number of piperidine rings is 1. The zero-order chi connectivity index (χ0) is 18.4. The normalized spacial score (nSPS) is 18.6. The van der Waals surface area contributed by atoms with Gasteiger partial charge in [0, 0.05) is 12.6 Å². The quantitative estimate of drug-likeness (QED) is 0.821. The molecular weight excluding hydrogens is 324 g/mol. The number of nitrogens with one attached hydrogen (secondary N) is 1. The topological polar surface area (TPSA) is 81.0 Å². The van der Waals surface area contributed by atoms with Gasteiger partial charge in [-0.15, -0.1) is 0 Å². The first-order valence-electron chi connectivity index (χ1n) is 8.66. The molecule has 1 saturated heterocycles. The predicted octanol–water partition coefficient (Wildman–Crippen LogP) is 2.95. The highest BCUT2D eigenvalue weighted by Gasteiger charge is 2.25. The van der Waals surface area contributed by atoms with Gasteiger partial charge in [-0.2, -0.15) is 0 Å². The summed E-state index contributed by atoms with van der Waals surface area (Å²) in [6, 6.07) is 3.63. The van der Waals surface area contributed by atoms with Gasteiger partial charge in [0.15, 0.2) is 0 Å². The van der Waals surface area contributed by atoms with Crippen LogP contribution in [0.15, 0.2) is 16.5 Å². The minimum Gasteiger partial charge on any atom is -0.463 e. The van der Waals surface area contributed by atoms with Crippen LogP contribution in [-0.2, 0) is 16.0 Å². The molecular formula is C18H28N2O5. The number of amides is 1. The van der Waals surface area contributed by atoms with Crippen molar-refractivity contribution >= 4 is 12.1 Å². The third-order valence-corrected chi connectivity index (χ3v) is 4.04. The average molecular weight is 352 g/mol. The van der Waals surface area contributed by atoms with Gasteiger partial charge in [0.2, 0.25) is 5.76 Å². The summed E-state index contributed by atoms with van der Waals surface area (Å²) in [6.07, 6.45) is 2.83. The number of carbonyl (C=O) groups excluding carboxylic acids is 2.